The first-order valence-corrected chi connectivity index (χ1v) is 6.63. The number of hydrogen-bond acceptors (Lipinski definition) is 5. The van der Waals surface area contributed by atoms with E-state index in [2.05, 4.69) is 21.9 Å². The summed E-state index contributed by atoms with van der Waals surface area (Å²) >= 11 is 1.08. The molecule has 2 heterocycles. The Hall–Kier alpha value is -2.41. The van der Waals surface area contributed by atoms with Crippen LogP contribution in [0.3, 0.4) is 0 Å². The van der Waals surface area contributed by atoms with Gasteiger partial charge >= 0.3 is 5.97 Å². The molecule has 0 radical (unpaired) electrons. The molecular formula is C13H13N3O3S. The first kappa shape index (κ1) is 14.0. The van der Waals surface area contributed by atoms with Crippen LogP contribution in [-0.2, 0) is 4.74 Å². The van der Waals surface area contributed by atoms with Crippen molar-refractivity contribution in [3.63, 3.8) is 0 Å². The van der Waals surface area contributed by atoms with Crippen LogP contribution in [0, 0.1) is 6.92 Å². The van der Waals surface area contributed by atoms with Gasteiger partial charge in [-0.2, -0.15) is 0 Å². The Morgan fingerprint density at radius 3 is 3.05 bits per heavy atom. The Balaban J connectivity index is 2.09. The maximum atomic E-state index is 11.8. The van der Waals surface area contributed by atoms with E-state index in [1.807, 2.05) is 0 Å². The molecular weight excluding hydrogens is 278 g/mol. The molecule has 0 bridgehead atoms. The van der Waals surface area contributed by atoms with Gasteiger partial charge in [-0.25, -0.2) is 9.78 Å². The maximum absolute atomic E-state index is 11.8. The van der Waals surface area contributed by atoms with Crippen molar-refractivity contribution in [1.29, 1.82) is 0 Å². The molecule has 0 aliphatic carbocycles. The average molecular weight is 291 g/mol. The highest BCUT2D eigenvalue weighted by Crippen LogP contribution is 2.23. The lowest BCUT2D eigenvalue weighted by molar-refractivity contribution is 0.0554. The van der Waals surface area contributed by atoms with Crippen LogP contribution in [0.25, 0.3) is 0 Å². The van der Waals surface area contributed by atoms with Crippen molar-refractivity contribution in [2.24, 2.45) is 0 Å². The normalized spacial score (nSPS) is 10.1. The molecule has 0 aromatic carbocycles. The van der Waals surface area contributed by atoms with Gasteiger partial charge in [0, 0.05) is 6.20 Å². The number of rotatable bonds is 5. The molecule has 2 aromatic heterocycles. The van der Waals surface area contributed by atoms with Crippen LogP contribution < -0.4 is 5.32 Å². The van der Waals surface area contributed by atoms with Gasteiger partial charge in [0.05, 0.1) is 5.69 Å². The van der Waals surface area contributed by atoms with E-state index in [1.165, 1.54) is 6.08 Å². The largest absolute Gasteiger partial charge is 0.457 e. The lowest BCUT2D eigenvalue weighted by Gasteiger charge is -1.99. The summed E-state index contributed by atoms with van der Waals surface area (Å²) in [6, 6.07) is 3.37. The molecule has 2 N–H and O–H groups in total. The van der Waals surface area contributed by atoms with Gasteiger partial charge in [-0.1, -0.05) is 24.0 Å². The van der Waals surface area contributed by atoms with Crippen LogP contribution in [-0.4, -0.2) is 28.5 Å². The number of nitrogens with zero attached hydrogens (tertiary/aromatic N) is 1. The highest BCUT2D eigenvalue weighted by molar-refractivity contribution is 7.17. The Kier molecular flexibility index (Phi) is 4.31. The number of amides is 1. The molecule has 0 atom stereocenters. The van der Waals surface area contributed by atoms with Gasteiger partial charge in [0.2, 0.25) is 0 Å². The monoisotopic (exact) mass is 291 g/mol. The molecule has 0 unspecified atom stereocenters. The third-order valence-corrected chi connectivity index (χ3v) is 3.43. The van der Waals surface area contributed by atoms with E-state index >= 15 is 0 Å². The smallest absolute Gasteiger partial charge is 0.350 e. The number of H-pyrrole nitrogens is 1. The van der Waals surface area contributed by atoms with E-state index in [4.69, 9.17) is 4.74 Å². The number of ether oxygens (including phenoxy) is 1. The minimum absolute atomic E-state index is 0.139. The van der Waals surface area contributed by atoms with Crippen LogP contribution in [0.5, 0.6) is 0 Å². The second-order valence-electron chi connectivity index (χ2n) is 3.86. The van der Waals surface area contributed by atoms with Gasteiger partial charge in [-0.05, 0) is 19.1 Å². The van der Waals surface area contributed by atoms with Crippen molar-refractivity contribution in [2.75, 3.05) is 11.9 Å². The molecule has 104 valence electrons. The number of aromatic amines is 1. The quantitative estimate of drug-likeness (QED) is 0.654. The second-order valence-corrected chi connectivity index (χ2v) is 4.86. The summed E-state index contributed by atoms with van der Waals surface area (Å²) in [5.41, 5.74) is 0.944. The molecule has 1 amide bonds. The van der Waals surface area contributed by atoms with E-state index in [1.54, 1.807) is 25.3 Å². The molecule has 7 heteroatoms. The summed E-state index contributed by atoms with van der Waals surface area (Å²) in [5, 5.41) is 2.98. The Morgan fingerprint density at radius 2 is 2.40 bits per heavy atom. The number of nitrogens with one attached hydrogen (secondary N) is 2. The molecule has 2 rings (SSSR count). The fourth-order valence-electron chi connectivity index (χ4n) is 1.48. The van der Waals surface area contributed by atoms with E-state index in [0.29, 0.717) is 21.4 Å². The van der Waals surface area contributed by atoms with E-state index in [9.17, 15) is 9.59 Å². The zero-order chi connectivity index (χ0) is 14.5. The van der Waals surface area contributed by atoms with Gasteiger partial charge in [0.15, 0.2) is 5.13 Å². The molecule has 6 nitrogen and oxygen atoms in total. The average Bonchev–Trinajstić information content (AvgIpc) is 3.05. The molecule has 0 saturated heterocycles. The summed E-state index contributed by atoms with van der Waals surface area (Å²) in [7, 11) is 0. The summed E-state index contributed by atoms with van der Waals surface area (Å²) in [6.07, 6.45) is 3.14. The van der Waals surface area contributed by atoms with Crippen LogP contribution >= 0.6 is 11.3 Å². The van der Waals surface area contributed by atoms with Crippen molar-refractivity contribution < 1.29 is 14.3 Å². The Bertz CT molecular complexity index is 631. The van der Waals surface area contributed by atoms with Gasteiger partial charge in [0.1, 0.15) is 17.2 Å². The van der Waals surface area contributed by atoms with E-state index < -0.39 is 5.97 Å². The number of carbonyl (C=O) groups excluding carboxylic acids is 2. The number of anilines is 1. The molecule has 2 aromatic rings. The highest BCUT2D eigenvalue weighted by Gasteiger charge is 2.18. The number of aromatic nitrogens is 2. The van der Waals surface area contributed by atoms with Crippen LogP contribution in [0.2, 0.25) is 0 Å². The van der Waals surface area contributed by atoms with Crippen molar-refractivity contribution in [1.82, 2.24) is 9.97 Å². The van der Waals surface area contributed by atoms with Gasteiger partial charge < -0.3 is 9.72 Å². The fourth-order valence-corrected chi connectivity index (χ4v) is 2.33. The van der Waals surface area contributed by atoms with Gasteiger partial charge in [0.25, 0.3) is 5.91 Å². The fraction of sp³-hybridized carbons (Fsp3) is 0.154. The second kappa shape index (κ2) is 6.16. The topological polar surface area (TPSA) is 84.1 Å². The molecule has 0 saturated carbocycles. The first-order valence-electron chi connectivity index (χ1n) is 5.82. The minimum atomic E-state index is -0.472. The Labute approximate surface area is 119 Å². The number of esters is 1. The third-order valence-electron chi connectivity index (χ3n) is 2.38. The van der Waals surface area contributed by atoms with Crippen LogP contribution in [0.4, 0.5) is 5.13 Å². The lowest BCUT2D eigenvalue weighted by atomic mass is 10.4. The predicted octanol–water partition coefficient (Wildman–Crippen LogP) is 2.37. The van der Waals surface area contributed by atoms with Crippen molar-refractivity contribution in [3.05, 3.63) is 47.2 Å². The summed E-state index contributed by atoms with van der Waals surface area (Å²) in [4.78, 5) is 30.9. The van der Waals surface area contributed by atoms with Gasteiger partial charge in [-0.3, -0.25) is 10.1 Å². The predicted molar refractivity (Wildman–Crippen MR) is 76.1 cm³/mol. The van der Waals surface area contributed by atoms with Crippen LogP contribution in [0.15, 0.2) is 31.0 Å². The highest BCUT2D eigenvalue weighted by atomic mass is 32.1. The minimum Gasteiger partial charge on any atom is -0.457 e. The first-order chi connectivity index (χ1) is 9.61. The lowest BCUT2D eigenvalue weighted by Crippen LogP contribution is -2.11. The summed E-state index contributed by atoms with van der Waals surface area (Å²) < 4.78 is 4.94. The van der Waals surface area contributed by atoms with Crippen LogP contribution in [0.1, 0.15) is 25.9 Å². The molecule has 0 aliphatic rings. The third kappa shape index (κ3) is 3.12. The van der Waals surface area contributed by atoms with Gasteiger partial charge in [-0.15, -0.1) is 0 Å². The molecule has 0 spiro atoms. The van der Waals surface area contributed by atoms with Crippen molar-refractivity contribution >= 4 is 28.3 Å². The molecule has 0 fully saturated rings. The number of carbonyl (C=O) groups is 2. The van der Waals surface area contributed by atoms with E-state index in [0.717, 1.165) is 11.3 Å². The zero-order valence-corrected chi connectivity index (χ0v) is 11.6. The zero-order valence-electron chi connectivity index (χ0n) is 10.8. The van der Waals surface area contributed by atoms with E-state index in [-0.39, 0.29) is 12.5 Å². The number of hydrogen-bond donors (Lipinski definition) is 2. The maximum Gasteiger partial charge on any atom is 0.350 e. The number of aryl methyl sites for hydroxylation is 1. The molecule has 20 heavy (non-hydrogen) atoms. The summed E-state index contributed by atoms with van der Waals surface area (Å²) in [5.74, 6) is -0.782. The SMILES string of the molecule is C=CCOC(=O)c1sc(NC(=O)c2ccc[nH]2)nc1C. The summed E-state index contributed by atoms with van der Waals surface area (Å²) in [6.45, 7) is 5.30. The van der Waals surface area contributed by atoms with Crippen molar-refractivity contribution in [3.8, 4) is 0 Å². The number of thiazole rings is 1. The Morgan fingerprint density at radius 1 is 1.60 bits per heavy atom. The van der Waals surface area contributed by atoms with Crippen molar-refractivity contribution in [2.45, 2.75) is 6.92 Å². The standard InChI is InChI=1S/C13H13N3O3S/c1-3-7-19-12(18)10-8(2)15-13(20-10)16-11(17)9-5-4-6-14-9/h3-6,14H,1,7H2,2H3,(H,15,16,17). The molecule has 0 aliphatic heterocycles.